The summed E-state index contributed by atoms with van der Waals surface area (Å²) in [5, 5.41) is 9.42. The Hall–Kier alpha value is -0.900. The first-order chi connectivity index (χ1) is 6.86. The van der Waals surface area contributed by atoms with E-state index in [1.165, 1.54) is 0 Å². The van der Waals surface area contributed by atoms with Gasteiger partial charge in [-0.15, -0.1) is 0 Å². The fourth-order valence-electron chi connectivity index (χ4n) is 1.46. The number of rotatable bonds is 3. The molecule has 1 aliphatic heterocycles. The molecule has 1 heterocycles. The maximum atomic E-state index is 9.42. The van der Waals surface area contributed by atoms with Crippen molar-refractivity contribution < 1.29 is 14.6 Å². The summed E-state index contributed by atoms with van der Waals surface area (Å²) < 4.78 is 10.6. The molecule has 0 aromatic heterocycles. The Morgan fingerprint density at radius 3 is 2.71 bits per heavy atom. The van der Waals surface area contributed by atoms with Gasteiger partial charge in [0.1, 0.15) is 12.2 Å². The van der Waals surface area contributed by atoms with E-state index in [4.69, 9.17) is 9.47 Å². The van der Waals surface area contributed by atoms with Gasteiger partial charge in [-0.2, -0.15) is 0 Å². The van der Waals surface area contributed by atoms with Crippen molar-refractivity contribution in [2.24, 2.45) is 0 Å². The Kier molecular flexibility index (Phi) is 3.14. The summed E-state index contributed by atoms with van der Waals surface area (Å²) in [6, 6.07) is 9.92. The van der Waals surface area contributed by atoms with Crippen molar-refractivity contribution >= 4 is 0 Å². The van der Waals surface area contributed by atoms with E-state index in [2.05, 4.69) is 0 Å². The zero-order chi connectivity index (χ0) is 9.80. The third-order valence-electron chi connectivity index (χ3n) is 2.31. The number of aliphatic hydroxyl groups excluding tert-OH is 1. The predicted molar refractivity (Wildman–Crippen MR) is 51.8 cm³/mol. The van der Waals surface area contributed by atoms with Crippen LogP contribution in [0, 0.1) is 0 Å². The van der Waals surface area contributed by atoms with E-state index >= 15 is 0 Å². The molecule has 0 aliphatic carbocycles. The van der Waals surface area contributed by atoms with Gasteiger partial charge in [-0.3, -0.25) is 0 Å². The molecule has 0 spiro atoms. The van der Waals surface area contributed by atoms with Gasteiger partial charge in [0.05, 0.1) is 19.8 Å². The molecule has 2 rings (SSSR count). The van der Waals surface area contributed by atoms with Crippen LogP contribution in [0.5, 0.6) is 0 Å². The average molecular weight is 194 g/mol. The second-order valence-corrected chi connectivity index (χ2v) is 3.44. The number of benzene rings is 1. The molecule has 1 fully saturated rings. The first kappa shape index (κ1) is 9.65. The number of hydrogen-bond acceptors (Lipinski definition) is 3. The predicted octanol–water partition coefficient (Wildman–Crippen LogP) is 0.963. The minimum absolute atomic E-state index is 0.171. The van der Waals surface area contributed by atoms with Crippen molar-refractivity contribution in [3.8, 4) is 0 Å². The van der Waals surface area contributed by atoms with Crippen LogP contribution in [0.25, 0.3) is 0 Å². The van der Waals surface area contributed by atoms with Crippen LogP contribution < -0.4 is 0 Å². The van der Waals surface area contributed by atoms with Crippen LogP contribution in [-0.2, 0) is 16.1 Å². The van der Waals surface area contributed by atoms with Gasteiger partial charge in [-0.1, -0.05) is 30.3 Å². The van der Waals surface area contributed by atoms with Crippen LogP contribution in [0.3, 0.4) is 0 Å². The van der Waals surface area contributed by atoms with E-state index in [0.29, 0.717) is 19.8 Å². The molecule has 1 aromatic rings. The zero-order valence-corrected chi connectivity index (χ0v) is 7.93. The molecule has 0 bridgehead atoms. The minimum Gasteiger partial charge on any atom is -0.388 e. The van der Waals surface area contributed by atoms with E-state index < -0.39 is 6.10 Å². The van der Waals surface area contributed by atoms with Gasteiger partial charge in [0.2, 0.25) is 0 Å². The Morgan fingerprint density at radius 2 is 2.07 bits per heavy atom. The van der Waals surface area contributed by atoms with Crippen molar-refractivity contribution in [2.75, 3.05) is 13.2 Å². The van der Waals surface area contributed by atoms with Crippen molar-refractivity contribution in [1.29, 1.82) is 0 Å². The highest BCUT2D eigenvalue weighted by molar-refractivity contribution is 5.13. The van der Waals surface area contributed by atoms with E-state index in [1.807, 2.05) is 30.3 Å². The lowest BCUT2D eigenvalue weighted by Crippen LogP contribution is -2.26. The molecule has 3 nitrogen and oxygen atoms in total. The molecular formula is C11H14O3. The number of ether oxygens (including phenoxy) is 2. The van der Waals surface area contributed by atoms with Gasteiger partial charge in [0, 0.05) is 0 Å². The van der Waals surface area contributed by atoms with E-state index in [-0.39, 0.29) is 6.10 Å². The lowest BCUT2D eigenvalue weighted by atomic mass is 10.2. The van der Waals surface area contributed by atoms with Crippen LogP contribution in [-0.4, -0.2) is 30.5 Å². The van der Waals surface area contributed by atoms with Crippen LogP contribution in [0.2, 0.25) is 0 Å². The smallest absolute Gasteiger partial charge is 0.109 e. The molecule has 0 saturated carbocycles. The van der Waals surface area contributed by atoms with Gasteiger partial charge in [-0.05, 0) is 5.56 Å². The molecular weight excluding hydrogens is 180 g/mol. The topological polar surface area (TPSA) is 38.7 Å². The molecule has 3 heteroatoms. The Bertz CT molecular complexity index is 273. The van der Waals surface area contributed by atoms with Gasteiger partial charge >= 0.3 is 0 Å². The molecule has 0 radical (unpaired) electrons. The van der Waals surface area contributed by atoms with E-state index in [9.17, 15) is 5.11 Å². The number of aliphatic hydroxyl groups is 1. The molecule has 1 N–H and O–H groups in total. The third kappa shape index (κ3) is 2.32. The largest absolute Gasteiger partial charge is 0.388 e. The molecule has 2 atom stereocenters. The SMILES string of the molecule is O[C@H]1COC[C@@H]1OCc1ccccc1. The van der Waals surface area contributed by atoms with E-state index in [1.54, 1.807) is 0 Å². The van der Waals surface area contributed by atoms with Crippen molar-refractivity contribution in [3.05, 3.63) is 35.9 Å². The van der Waals surface area contributed by atoms with Crippen LogP contribution in [0.1, 0.15) is 5.56 Å². The Morgan fingerprint density at radius 1 is 1.29 bits per heavy atom. The maximum Gasteiger partial charge on any atom is 0.109 e. The lowest BCUT2D eigenvalue weighted by molar-refractivity contribution is -0.0188. The second kappa shape index (κ2) is 4.55. The van der Waals surface area contributed by atoms with Gasteiger partial charge in [-0.25, -0.2) is 0 Å². The Balaban J connectivity index is 1.82. The molecule has 1 aromatic carbocycles. The summed E-state index contributed by atoms with van der Waals surface area (Å²) in [4.78, 5) is 0. The highest BCUT2D eigenvalue weighted by Gasteiger charge is 2.26. The first-order valence-corrected chi connectivity index (χ1v) is 4.77. The highest BCUT2D eigenvalue weighted by atomic mass is 16.6. The molecule has 0 unspecified atom stereocenters. The number of hydrogen-bond donors (Lipinski definition) is 1. The van der Waals surface area contributed by atoms with E-state index in [0.717, 1.165) is 5.56 Å². The Labute approximate surface area is 83.3 Å². The summed E-state index contributed by atoms with van der Waals surface area (Å²) >= 11 is 0. The summed E-state index contributed by atoms with van der Waals surface area (Å²) in [6.07, 6.45) is -0.645. The summed E-state index contributed by atoms with van der Waals surface area (Å²) in [7, 11) is 0. The molecule has 14 heavy (non-hydrogen) atoms. The normalized spacial score (nSPS) is 26.6. The highest BCUT2D eigenvalue weighted by Crippen LogP contribution is 2.12. The monoisotopic (exact) mass is 194 g/mol. The lowest BCUT2D eigenvalue weighted by Gasteiger charge is -2.13. The quantitative estimate of drug-likeness (QED) is 0.779. The first-order valence-electron chi connectivity index (χ1n) is 4.77. The summed E-state index contributed by atoms with van der Waals surface area (Å²) in [5.41, 5.74) is 1.12. The standard InChI is InChI=1S/C11H14O3/c12-10-7-13-8-11(10)14-6-9-4-2-1-3-5-9/h1-5,10-12H,6-8H2/t10-,11-/m0/s1. The summed E-state index contributed by atoms with van der Waals surface area (Å²) in [6.45, 7) is 1.42. The van der Waals surface area contributed by atoms with Crippen molar-refractivity contribution in [2.45, 2.75) is 18.8 Å². The molecule has 1 aliphatic rings. The van der Waals surface area contributed by atoms with Gasteiger partial charge in [0.25, 0.3) is 0 Å². The molecule has 0 amide bonds. The fourth-order valence-corrected chi connectivity index (χ4v) is 1.46. The minimum atomic E-state index is -0.473. The van der Waals surface area contributed by atoms with Crippen molar-refractivity contribution in [1.82, 2.24) is 0 Å². The molecule has 1 saturated heterocycles. The summed E-state index contributed by atoms with van der Waals surface area (Å²) in [5.74, 6) is 0. The fraction of sp³-hybridized carbons (Fsp3) is 0.455. The van der Waals surface area contributed by atoms with Crippen LogP contribution in [0.4, 0.5) is 0 Å². The van der Waals surface area contributed by atoms with Gasteiger partial charge < -0.3 is 14.6 Å². The third-order valence-corrected chi connectivity index (χ3v) is 2.31. The molecule has 76 valence electrons. The average Bonchev–Trinajstić information content (AvgIpc) is 2.63. The zero-order valence-electron chi connectivity index (χ0n) is 7.93. The maximum absolute atomic E-state index is 9.42. The van der Waals surface area contributed by atoms with Crippen LogP contribution in [0.15, 0.2) is 30.3 Å². The van der Waals surface area contributed by atoms with Gasteiger partial charge in [0.15, 0.2) is 0 Å². The van der Waals surface area contributed by atoms with Crippen molar-refractivity contribution in [3.63, 3.8) is 0 Å². The van der Waals surface area contributed by atoms with Crippen LogP contribution >= 0.6 is 0 Å². The second-order valence-electron chi connectivity index (χ2n) is 3.44.